The van der Waals surface area contributed by atoms with Crippen LogP contribution in [0.4, 0.5) is 0 Å². The van der Waals surface area contributed by atoms with Crippen LogP contribution in [0, 0.1) is 17.3 Å². The first-order valence-electron chi connectivity index (χ1n) is 7.42. The minimum absolute atomic E-state index is 0.426. The van der Waals surface area contributed by atoms with E-state index >= 15 is 0 Å². The summed E-state index contributed by atoms with van der Waals surface area (Å²) in [6.07, 6.45) is 9.41. The van der Waals surface area contributed by atoms with Crippen molar-refractivity contribution >= 4 is 0 Å². The van der Waals surface area contributed by atoms with Crippen LogP contribution in [0.2, 0.25) is 0 Å². The van der Waals surface area contributed by atoms with Crippen molar-refractivity contribution in [3.05, 3.63) is 0 Å². The maximum absolute atomic E-state index is 5.75. The van der Waals surface area contributed by atoms with Crippen molar-refractivity contribution in [2.45, 2.75) is 78.7 Å². The summed E-state index contributed by atoms with van der Waals surface area (Å²) in [6, 6.07) is 0.534. The molecule has 1 aliphatic carbocycles. The van der Waals surface area contributed by atoms with Crippen LogP contribution in [0.25, 0.3) is 0 Å². The SMILES string of the molecule is CCC1CCC(C(CCC(C)(C)C)NN)CC1. The largest absolute Gasteiger partial charge is 0.271 e. The Morgan fingerprint density at radius 3 is 2.18 bits per heavy atom. The Bertz CT molecular complexity index is 199. The van der Waals surface area contributed by atoms with Crippen LogP contribution in [0.1, 0.15) is 72.6 Å². The first-order valence-corrected chi connectivity index (χ1v) is 7.42. The Labute approximate surface area is 108 Å². The highest BCUT2D eigenvalue weighted by atomic mass is 15.2. The summed E-state index contributed by atoms with van der Waals surface area (Å²) < 4.78 is 0. The van der Waals surface area contributed by atoms with Gasteiger partial charge >= 0.3 is 0 Å². The molecular weight excluding hydrogens is 208 g/mol. The van der Waals surface area contributed by atoms with Crippen LogP contribution >= 0.6 is 0 Å². The Balaban J connectivity index is 2.35. The smallest absolute Gasteiger partial charge is 0.0238 e. The van der Waals surface area contributed by atoms with Gasteiger partial charge in [-0.2, -0.15) is 0 Å². The Morgan fingerprint density at radius 1 is 1.18 bits per heavy atom. The number of hydrogen-bond acceptors (Lipinski definition) is 2. The predicted molar refractivity (Wildman–Crippen MR) is 75.5 cm³/mol. The van der Waals surface area contributed by atoms with E-state index in [0.29, 0.717) is 11.5 Å². The van der Waals surface area contributed by atoms with Crippen molar-refractivity contribution in [1.29, 1.82) is 0 Å². The third-order valence-corrected chi connectivity index (χ3v) is 4.46. The number of hydrogen-bond donors (Lipinski definition) is 2. The van der Waals surface area contributed by atoms with Crippen LogP contribution in [-0.4, -0.2) is 6.04 Å². The van der Waals surface area contributed by atoms with Crippen LogP contribution < -0.4 is 11.3 Å². The zero-order chi connectivity index (χ0) is 12.9. The first-order chi connectivity index (χ1) is 7.96. The lowest BCUT2D eigenvalue weighted by atomic mass is 9.75. The number of nitrogens with two attached hydrogens (primary N) is 1. The maximum Gasteiger partial charge on any atom is 0.0238 e. The standard InChI is InChI=1S/C15H32N2/c1-5-12-6-8-13(9-7-12)14(17-16)10-11-15(2,3)4/h12-14,17H,5-11,16H2,1-4H3. The average molecular weight is 240 g/mol. The first kappa shape index (κ1) is 15.0. The Hall–Kier alpha value is -0.0800. The molecular formula is C15H32N2. The van der Waals surface area contributed by atoms with E-state index in [2.05, 4.69) is 33.1 Å². The van der Waals surface area contributed by atoms with E-state index in [-0.39, 0.29) is 0 Å². The van der Waals surface area contributed by atoms with Gasteiger partial charge in [-0.1, -0.05) is 47.0 Å². The highest BCUT2D eigenvalue weighted by molar-refractivity contribution is 4.81. The Kier molecular flexibility index (Phi) is 5.94. The van der Waals surface area contributed by atoms with Gasteiger partial charge in [-0.25, -0.2) is 0 Å². The lowest BCUT2D eigenvalue weighted by Gasteiger charge is -2.34. The molecule has 2 heteroatoms. The quantitative estimate of drug-likeness (QED) is 0.565. The number of nitrogens with one attached hydrogen (secondary N) is 1. The van der Waals surface area contributed by atoms with Gasteiger partial charge in [0.25, 0.3) is 0 Å². The molecule has 0 aromatic heterocycles. The van der Waals surface area contributed by atoms with E-state index in [1.165, 1.54) is 44.9 Å². The molecule has 0 aromatic carbocycles. The third kappa shape index (κ3) is 5.39. The minimum atomic E-state index is 0.426. The summed E-state index contributed by atoms with van der Waals surface area (Å²) in [6.45, 7) is 9.26. The molecule has 0 radical (unpaired) electrons. The van der Waals surface area contributed by atoms with E-state index in [0.717, 1.165) is 11.8 Å². The summed E-state index contributed by atoms with van der Waals surface area (Å²) >= 11 is 0. The van der Waals surface area contributed by atoms with Gasteiger partial charge in [-0.15, -0.1) is 0 Å². The molecule has 0 heterocycles. The second-order valence-electron chi connectivity index (χ2n) is 7.06. The van der Waals surface area contributed by atoms with Crippen molar-refractivity contribution in [2.75, 3.05) is 0 Å². The van der Waals surface area contributed by atoms with Crippen molar-refractivity contribution in [1.82, 2.24) is 5.43 Å². The third-order valence-electron chi connectivity index (χ3n) is 4.46. The van der Waals surface area contributed by atoms with Crippen LogP contribution in [0.15, 0.2) is 0 Å². The highest BCUT2D eigenvalue weighted by Gasteiger charge is 2.27. The summed E-state index contributed by atoms with van der Waals surface area (Å²) in [4.78, 5) is 0. The van der Waals surface area contributed by atoms with Crippen molar-refractivity contribution < 1.29 is 0 Å². The maximum atomic E-state index is 5.75. The molecule has 17 heavy (non-hydrogen) atoms. The van der Waals surface area contributed by atoms with Gasteiger partial charge in [0.15, 0.2) is 0 Å². The van der Waals surface area contributed by atoms with Crippen molar-refractivity contribution in [3.63, 3.8) is 0 Å². The molecule has 1 rings (SSSR count). The van der Waals surface area contributed by atoms with Crippen LogP contribution in [0.5, 0.6) is 0 Å². The highest BCUT2D eigenvalue weighted by Crippen LogP contribution is 2.34. The fraction of sp³-hybridized carbons (Fsp3) is 1.00. The van der Waals surface area contributed by atoms with E-state index in [9.17, 15) is 0 Å². The molecule has 102 valence electrons. The normalized spacial score (nSPS) is 28.1. The fourth-order valence-electron chi connectivity index (χ4n) is 3.04. The molecule has 0 spiro atoms. The topological polar surface area (TPSA) is 38.0 Å². The molecule has 0 amide bonds. The molecule has 1 aliphatic rings. The van der Waals surface area contributed by atoms with E-state index in [1.54, 1.807) is 0 Å². The summed E-state index contributed by atoms with van der Waals surface area (Å²) in [7, 11) is 0. The van der Waals surface area contributed by atoms with E-state index in [1.807, 2.05) is 0 Å². The monoisotopic (exact) mass is 240 g/mol. The fourth-order valence-corrected chi connectivity index (χ4v) is 3.04. The van der Waals surface area contributed by atoms with Gasteiger partial charge in [0.2, 0.25) is 0 Å². The van der Waals surface area contributed by atoms with Gasteiger partial charge in [0.05, 0.1) is 0 Å². The number of rotatable bonds is 5. The van der Waals surface area contributed by atoms with Crippen molar-refractivity contribution in [3.8, 4) is 0 Å². The summed E-state index contributed by atoms with van der Waals surface area (Å²) in [5, 5.41) is 0. The zero-order valence-corrected chi connectivity index (χ0v) is 12.3. The lowest BCUT2D eigenvalue weighted by molar-refractivity contribution is 0.197. The summed E-state index contributed by atoms with van der Waals surface area (Å²) in [5.74, 6) is 7.54. The molecule has 1 saturated carbocycles. The molecule has 2 nitrogen and oxygen atoms in total. The van der Waals surface area contributed by atoms with E-state index in [4.69, 9.17) is 5.84 Å². The molecule has 3 N–H and O–H groups in total. The predicted octanol–water partition coefficient (Wildman–Crippen LogP) is 3.86. The molecule has 1 atom stereocenters. The molecule has 1 unspecified atom stereocenters. The lowest BCUT2D eigenvalue weighted by Crippen LogP contribution is -2.42. The molecule has 0 aliphatic heterocycles. The van der Waals surface area contributed by atoms with Crippen LogP contribution in [0.3, 0.4) is 0 Å². The van der Waals surface area contributed by atoms with Gasteiger partial charge in [-0.3, -0.25) is 11.3 Å². The molecule has 0 aromatic rings. The van der Waals surface area contributed by atoms with Gasteiger partial charge in [-0.05, 0) is 42.9 Å². The number of hydrazine groups is 1. The van der Waals surface area contributed by atoms with Crippen molar-refractivity contribution in [2.24, 2.45) is 23.1 Å². The minimum Gasteiger partial charge on any atom is -0.271 e. The molecule has 0 saturated heterocycles. The van der Waals surface area contributed by atoms with Gasteiger partial charge in [0, 0.05) is 6.04 Å². The zero-order valence-electron chi connectivity index (χ0n) is 12.3. The van der Waals surface area contributed by atoms with Gasteiger partial charge < -0.3 is 0 Å². The molecule has 0 bridgehead atoms. The van der Waals surface area contributed by atoms with Crippen LogP contribution in [-0.2, 0) is 0 Å². The average Bonchev–Trinajstić information content (AvgIpc) is 2.29. The van der Waals surface area contributed by atoms with E-state index < -0.39 is 0 Å². The second kappa shape index (κ2) is 6.75. The van der Waals surface area contributed by atoms with Gasteiger partial charge in [0.1, 0.15) is 0 Å². The second-order valence-corrected chi connectivity index (χ2v) is 7.06. The Morgan fingerprint density at radius 2 is 1.76 bits per heavy atom. The summed E-state index contributed by atoms with van der Waals surface area (Å²) in [5.41, 5.74) is 3.50. The molecule has 1 fully saturated rings.